The molecule has 9 heteroatoms. The van der Waals surface area contributed by atoms with E-state index in [-0.39, 0.29) is 5.92 Å². The molecule has 3 heterocycles. The second kappa shape index (κ2) is 8.71. The van der Waals surface area contributed by atoms with Crippen LogP contribution >= 0.6 is 11.6 Å². The summed E-state index contributed by atoms with van der Waals surface area (Å²) in [6.45, 7) is 5.79. The third-order valence-corrected chi connectivity index (χ3v) is 7.90. The molecule has 2 atom stereocenters. The van der Waals surface area contributed by atoms with Gasteiger partial charge in [0.1, 0.15) is 0 Å². The fourth-order valence-corrected chi connectivity index (χ4v) is 5.81. The molecule has 0 spiro atoms. The van der Waals surface area contributed by atoms with Gasteiger partial charge in [-0.05, 0) is 44.7 Å². The van der Waals surface area contributed by atoms with Crippen molar-refractivity contribution in [2.75, 3.05) is 36.4 Å². The fraction of sp³-hybridized carbons (Fsp3) is 0.520. The molecule has 0 bridgehead atoms. The lowest BCUT2D eigenvalue weighted by molar-refractivity contribution is 0.168. The summed E-state index contributed by atoms with van der Waals surface area (Å²) in [5, 5.41) is 19.0. The molecule has 2 aromatic heterocycles. The molecule has 1 N–H and O–H groups in total. The minimum absolute atomic E-state index is 0.179. The van der Waals surface area contributed by atoms with E-state index in [1.165, 1.54) is 12.8 Å². The number of nitrogens with zero attached hydrogens (tertiary/aromatic N) is 7. The molecule has 0 amide bonds. The lowest BCUT2D eigenvalue weighted by Crippen LogP contribution is -2.51. The first kappa shape index (κ1) is 21.6. The van der Waals surface area contributed by atoms with Gasteiger partial charge in [-0.2, -0.15) is 10.4 Å². The van der Waals surface area contributed by atoms with E-state index in [2.05, 4.69) is 48.9 Å². The number of fused-ring (bicyclic) bond motifs is 1. The number of aromatic nitrogens is 4. The van der Waals surface area contributed by atoms with Crippen LogP contribution in [0.5, 0.6) is 0 Å². The Kier molecular flexibility index (Phi) is 5.54. The normalized spacial score (nSPS) is 23.4. The maximum absolute atomic E-state index is 9.47. The van der Waals surface area contributed by atoms with E-state index >= 15 is 0 Å². The first-order chi connectivity index (χ1) is 16.6. The molecule has 2 saturated carbocycles. The predicted molar refractivity (Wildman–Crippen MR) is 134 cm³/mol. The molecular weight excluding hydrogens is 448 g/mol. The summed E-state index contributed by atoms with van der Waals surface area (Å²) in [6, 6.07) is 7.50. The van der Waals surface area contributed by atoms with E-state index in [4.69, 9.17) is 16.6 Å². The van der Waals surface area contributed by atoms with E-state index in [1.807, 2.05) is 18.5 Å². The Morgan fingerprint density at radius 2 is 1.91 bits per heavy atom. The molecule has 3 aliphatic rings. The van der Waals surface area contributed by atoms with Crippen LogP contribution in [-0.2, 0) is 0 Å². The van der Waals surface area contributed by atoms with Crippen molar-refractivity contribution in [3.8, 4) is 6.07 Å². The van der Waals surface area contributed by atoms with Crippen molar-refractivity contribution in [2.45, 2.75) is 51.1 Å². The van der Waals surface area contributed by atoms with E-state index in [0.29, 0.717) is 18.0 Å². The van der Waals surface area contributed by atoms with Crippen LogP contribution in [0.25, 0.3) is 10.9 Å². The summed E-state index contributed by atoms with van der Waals surface area (Å²) in [6.07, 6.45) is 9.42. The standard InChI is InChI=1S/C25H29ClN8/c1-16-22(15-29-34(16)19-5-6-19)31-25-28-14-18-11-20(26)24(12-21(18)30-25)33-9-7-32(8-10-33)23-4-2-3-17(23)13-27/h11-12,14-15,17,19,23H,2-10H2,1H3,(H,28,30,31). The summed E-state index contributed by atoms with van der Waals surface area (Å²) in [7, 11) is 0. The Morgan fingerprint density at radius 3 is 2.68 bits per heavy atom. The van der Waals surface area contributed by atoms with Crippen LogP contribution < -0.4 is 10.2 Å². The highest BCUT2D eigenvalue weighted by atomic mass is 35.5. The zero-order chi connectivity index (χ0) is 23.2. The van der Waals surface area contributed by atoms with Crippen LogP contribution in [0.3, 0.4) is 0 Å². The van der Waals surface area contributed by atoms with Gasteiger partial charge < -0.3 is 10.2 Å². The van der Waals surface area contributed by atoms with Crippen molar-refractivity contribution in [1.82, 2.24) is 24.6 Å². The van der Waals surface area contributed by atoms with Crippen LogP contribution in [0, 0.1) is 24.2 Å². The quantitative estimate of drug-likeness (QED) is 0.572. The molecule has 176 valence electrons. The number of nitrogens with one attached hydrogen (secondary N) is 1. The topological polar surface area (TPSA) is 85.9 Å². The number of halogens is 1. The van der Waals surface area contributed by atoms with Gasteiger partial charge in [0.05, 0.1) is 51.8 Å². The number of hydrogen-bond acceptors (Lipinski definition) is 7. The van der Waals surface area contributed by atoms with Gasteiger partial charge in [-0.3, -0.25) is 9.58 Å². The lowest BCUT2D eigenvalue weighted by atomic mass is 10.0. The fourth-order valence-electron chi connectivity index (χ4n) is 5.52. The van der Waals surface area contributed by atoms with E-state index < -0.39 is 0 Å². The number of nitriles is 1. The maximum atomic E-state index is 9.47. The van der Waals surface area contributed by atoms with Crippen molar-refractivity contribution >= 4 is 39.8 Å². The minimum atomic E-state index is 0.179. The van der Waals surface area contributed by atoms with Crippen LogP contribution in [0.15, 0.2) is 24.5 Å². The number of rotatable bonds is 5. The molecule has 1 saturated heterocycles. The first-order valence-electron chi connectivity index (χ1n) is 12.3. The lowest BCUT2D eigenvalue weighted by Gasteiger charge is -2.40. The second-order valence-electron chi connectivity index (χ2n) is 9.76. The second-order valence-corrected chi connectivity index (χ2v) is 10.2. The van der Waals surface area contributed by atoms with E-state index in [0.717, 1.165) is 78.4 Å². The van der Waals surface area contributed by atoms with Crippen LogP contribution in [0.4, 0.5) is 17.3 Å². The van der Waals surface area contributed by atoms with Crippen LogP contribution in [0.2, 0.25) is 5.02 Å². The van der Waals surface area contributed by atoms with Crippen molar-refractivity contribution in [2.24, 2.45) is 5.92 Å². The SMILES string of the molecule is Cc1c(Nc2ncc3cc(Cl)c(N4CCN(C5CCCC5C#N)CC4)cc3n2)cnn1C1CC1. The molecule has 1 aliphatic heterocycles. The van der Waals surface area contributed by atoms with Gasteiger partial charge in [0.25, 0.3) is 0 Å². The third kappa shape index (κ3) is 3.97. The van der Waals surface area contributed by atoms with Gasteiger partial charge in [-0.1, -0.05) is 18.0 Å². The summed E-state index contributed by atoms with van der Waals surface area (Å²) in [4.78, 5) is 14.1. The van der Waals surface area contributed by atoms with Gasteiger partial charge >= 0.3 is 0 Å². The maximum Gasteiger partial charge on any atom is 0.227 e. The third-order valence-electron chi connectivity index (χ3n) is 7.60. The van der Waals surface area contributed by atoms with Gasteiger partial charge in [0.15, 0.2) is 0 Å². The van der Waals surface area contributed by atoms with Gasteiger partial charge in [-0.25, -0.2) is 9.97 Å². The Bertz CT molecular complexity index is 1250. The molecule has 2 aliphatic carbocycles. The first-order valence-corrected chi connectivity index (χ1v) is 12.6. The van der Waals surface area contributed by atoms with Gasteiger partial charge in [0.2, 0.25) is 5.95 Å². The zero-order valence-corrected chi connectivity index (χ0v) is 20.2. The van der Waals surface area contributed by atoms with Crippen molar-refractivity contribution < 1.29 is 0 Å². The van der Waals surface area contributed by atoms with E-state index in [1.54, 1.807) is 0 Å². The Hall–Kier alpha value is -2.89. The van der Waals surface area contributed by atoms with Crippen molar-refractivity contribution in [1.29, 1.82) is 5.26 Å². The average molecular weight is 477 g/mol. The van der Waals surface area contributed by atoms with E-state index in [9.17, 15) is 5.26 Å². The van der Waals surface area contributed by atoms with Gasteiger partial charge in [0, 0.05) is 43.8 Å². The number of anilines is 3. The average Bonchev–Trinajstić information content (AvgIpc) is 3.47. The minimum Gasteiger partial charge on any atom is -0.368 e. The number of benzene rings is 1. The van der Waals surface area contributed by atoms with Crippen molar-refractivity contribution in [3.05, 3.63) is 35.2 Å². The molecule has 34 heavy (non-hydrogen) atoms. The molecule has 3 aromatic rings. The molecule has 6 rings (SSSR count). The molecule has 3 fully saturated rings. The largest absolute Gasteiger partial charge is 0.368 e. The van der Waals surface area contributed by atoms with Crippen LogP contribution in [0.1, 0.15) is 43.8 Å². The number of hydrogen-bond donors (Lipinski definition) is 1. The highest BCUT2D eigenvalue weighted by Gasteiger charge is 2.34. The highest BCUT2D eigenvalue weighted by Crippen LogP contribution is 2.37. The summed E-state index contributed by atoms with van der Waals surface area (Å²) in [5.41, 5.74) is 3.94. The zero-order valence-electron chi connectivity index (χ0n) is 19.4. The highest BCUT2D eigenvalue weighted by molar-refractivity contribution is 6.34. The molecule has 1 aromatic carbocycles. The Labute approximate surface area is 204 Å². The molecule has 8 nitrogen and oxygen atoms in total. The predicted octanol–water partition coefficient (Wildman–Crippen LogP) is 4.68. The summed E-state index contributed by atoms with van der Waals surface area (Å²) < 4.78 is 2.09. The summed E-state index contributed by atoms with van der Waals surface area (Å²) >= 11 is 6.69. The summed E-state index contributed by atoms with van der Waals surface area (Å²) in [5.74, 6) is 0.742. The Balaban J connectivity index is 1.20. The smallest absolute Gasteiger partial charge is 0.227 e. The molecule has 2 unspecified atom stereocenters. The monoisotopic (exact) mass is 476 g/mol. The molecule has 0 radical (unpaired) electrons. The number of piperazine rings is 1. The Morgan fingerprint density at radius 1 is 1.09 bits per heavy atom. The van der Waals surface area contributed by atoms with Gasteiger partial charge in [-0.15, -0.1) is 0 Å². The van der Waals surface area contributed by atoms with Crippen molar-refractivity contribution in [3.63, 3.8) is 0 Å². The van der Waals surface area contributed by atoms with Crippen LogP contribution in [-0.4, -0.2) is 56.9 Å². The molecular formula is C25H29ClN8.